The number of benzene rings is 3. The molecule has 0 unspecified atom stereocenters. The number of nitrogens with one attached hydrogen (secondary N) is 1. The molecule has 0 aliphatic carbocycles. The Bertz CT molecular complexity index is 1020. The summed E-state index contributed by atoms with van der Waals surface area (Å²) in [5.41, 5.74) is 4.85. The lowest BCUT2D eigenvalue weighted by atomic mass is 10.0. The van der Waals surface area contributed by atoms with E-state index in [0.29, 0.717) is 0 Å². The first-order valence-electron chi connectivity index (χ1n) is 9.25. The summed E-state index contributed by atoms with van der Waals surface area (Å²) in [4.78, 5) is 8.40. The molecule has 0 atom stereocenters. The summed E-state index contributed by atoms with van der Waals surface area (Å²) in [7, 11) is 4.98. The zero-order chi connectivity index (χ0) is 20.2. The molecule has 29 heavy (non-hydrogen) atoms. The third-order valence-corrected chi connectivity index (χ3v) is 4.81. The van der Waals surface area contributed by atoms with Gasteiger partial charge in [-0.1, -0.05) is 0 Å². The summed E-state index contributed by atoms with van der Waals surface area (Å²) < 4.78 is 15.8. The van der Waals surface area contributed by atoms with Crippen molar-refractivity contribution in [2.24, 2.45) is 0 Å². The molecule has 1 heterocycles. The van der Waals surface area contributed by atoms with E-state index in [4.69, 9.17) is 19.2 Å². The zero-order valence-corrected chi connectivity index (χ0v) is 16.6. The van der Waals surface area contributed by atoms with Gasteiger partial charge in [0.1, 0.15) is 23.1 Å². The molecule has 4 aromatic rings. The number of methoxy groups -OCH3 is 3. The molecule has 0 radical (unpaired) electrons. The van der Waals surface area contributed by atoms with Crippen molar-refractivity contribution in [3.05, 3.63) is 72.8 Å². The first kappa shape index (κ1) is 18.6. The summed E-state index contributed by atoms with van der Waals surface area (Å²) in [5.74, 6) is 3.23. The van der Waals surface area contributed by atoms with Gasteiger partial charge in [0.25, 0.3) is 0 Å². The van der Waals surface area contributed by atoms with Crippen LogP contribution in [-0.4, -0.2) is 31.3 Å². The first-order chi connectivity index (χ1) is 14.2. The van der Waals surface area contributed by atoms with Gasteiger partial charge in [-0.05, 0) is 72.8 Å². The Labute approximate surface area is 169 Å². The molecule has 3 aromatic carbocycles. The van der Waals surface area contributed by atoms with E-state index < -0.39 is 0 Å². The molecule has 0 saturated carbocycles. The van der Waals surface area contributed by atoms with Crippen molar-refractivity contribution in [1.29, 1.82) is 0 Å². The Morgan fingerprint density at radius 3 is 1.41 bits per heavy atom. The van der Waals surface area contributed by atoms with Gasteiger partial charge in [0.15, 0.2) is 0 Å². The largest absolute Gasteiger partial charge is 0.497 e. The number of nitrogens with zero attached hydrogens (tertiary/aromatic N) is 1. The van der Waals surface area contributed by atoms with Gasteiger partial charge in [-0.2, -0.15) is 0 Å². The number of rotatable bonds is 6. The van der Waals surface area contributed by atoms with E-state index in [1.165, 1.54) is 0 Å². The van der Waals surface area contributed by atoms with Crippen LogP contribution in [0, 0.1) is 0 Å². The van der Waals surface area contributed by atoms with E-state index in [1.54, 1.807) is 21.3 Å². The fourth-order valence-electron chi connectivity index (χ4n) is 3.18. The molecule has 0 fully saturated rings. The van der Waals surface area contributed by atoms with E-state index in [-0.39, 0.29) is 0 Å². The lowest BCUT2D eigenvalue weighted by Crippen LogP contribution is -1.87. The van der Waals surface area contributed by atoms with Crippen LogP contribution >= 0.6 is 0 Å². The molecule has 0 aliphatic heterocycles. The second kappa shape index (κ2) is 8.10. The van der Waals surface area contributed by atoms with Crippen molar-refractivity contribution in [3.63, 3.8) is 0 Å². The van der Waals surface area contributed by atoms with Gasteiger partial charge in [0, 0.05) is 16.7 Å². The lowest BCUT2D eigenvalue weighted by molar-refractivity contribution is 0.414. The number of hydrogen-bond donors (Lipinski definition) is 1. The van der Waals surface area contributed by atoms with Crippen molar-refractivity contribution in [2.75, 3.05) is 21.3 Å². The van der Waals surface area contributed by atoms with Crippen LogP contribution in [0.15, 0.2) is 72.8 Å². The second-order valence-electron chi connectivity index (χ2n) is 6.49. The fourth-order valence-corrected chi connectivity index (χ4v) is 3.18. The fraction of sp³-hybridized carbons (Fsp3) is 0.125. The Morgan fingerprint density at radius 1 is 0.552 bits per heavy atom. The van der Waals surface area contributed by atoms with Crippen LogP contribution < -0.4 is 14.2 Å². The van der Waals surface area contributed by atoms with Crippen LogP contribution in [0.3, 0.4) is 0 Å². The predicted molar refractivity (Wildman–Crippen MR) is 115 cm³/mol. The van der Waals surface area contributed by atoms with Crippen molar-refractivity contribution >= 4 is 0 Å². The number of ether oxygens (including phenoxy) is 3. The van der Waals surface area contributed by atoms with Gasteiger partial charge in [0.05, 0.1) is 32.7 Å². The molecule has 0 amide bonds. The minimum absolute atomic E-state index is 0.796. The lowest BCUT2D eigenvalue weighted by Gasteiger charge is -2.06. The molecule has 5 nitrogen and oxygen atoms in total. The number of hydrogen-bond acceptors (Lipinski definition) is 4. The second-order valence-corrected chi connectivity index (χ2v) is 6.49. The van der Waals surface area contributed by atoms with Gasteiger partial charge in [0.2, 0.25) is 0 Å². The van der Waals surface area contributed by atoms with Crippen molar-refractivity contribution in [3.8, 4) is 51.2 Å². The molecule has 0 spiro atoms. The van der Waals surface area contributed by atoms with Crippen molar-refractivity contribution < 1.29 is 14.2 Å². The van der Waals surface area contributed by atoms with E-state index in [2.05, 4.69) is 4.98 Å². The number of H-pyrrole nitrogens is 1. The molecule has 0 bridgehead atoms. The summed E-state index contributed by atoms with van der Waals surface area (Å²) in [6.45, 7) is 0. The van der Waals surface area contributed by atoms with E-state index in [0.717, 1.165) is 51.2 Å². The quantitative estimate of drug-likeness (QED) is 0.480. The third kappa shape index (κ3) is 3.80. The van der Waals surface area contributed by atoms with Crippen LogP contribution in [0.5, 0.6) is 17.2 Å². The SMILES string of the molecule is COc1ccc(-c2nc(-c3ccc(OC)cc3)c(-c3ccc(OC)cc3)[nH]2)cc1. The van der Waals surface area contributed by atoms with Gasteiger partial charge in [-0.25, -0.2) is 4.98 Å². The maximum atomic E-state index is 5.29. The summed E-state index contributed by atoms with van der Waals surface area (Å²) in [6, 6.07) is 23.7. The normalized spacial score (nSPS) is 10.6. The predicted octanol–water partition coefficient (Wildman–Crippen LogP) is 5.44. The molecule has 146 valence electrons. The Balaban J connectivity index is 1.82. The smallest absolute Gasteiger partial charge is 0.138 e. The Morgan fingerprint density at radius 2 is 0.966 bits per heavy atom. The van der Waals surface area contributed by atoms with Gasteiger partial charge < -0.3 is 19.2 Å². The van der Waals surface area contributed by atoms with Gasteiger partial charge >= 0.3 is 0 Å². The molecular weight excluding hydrogens is 364 g/mol. The minimum Gasteiger partial charge on any atom is -0.497 e. The maximum Gasteiger partial charge on any atom is 0.138 e. The molecule has 4 rings (SSSR count). The number of aromatic amines is 1. The van der Waals surface area contributed by atoms with Crippen molar-refractivity contribution in [2.45, 2.75) is 0 Å². The molecule has 0 saturated heterocycles. The summed E-state index contributed by atoms with van der Waals surface area (Å²) >= 11 is 0. The topological polar surface area (TPSA) is 56.4 Å². The van der Waals surface area contributed by atoms with Crippen LogP contribution in [0.1, 0.15) is 0 Å². The molecule has 5 heteroatoms. The molecule has 0 aliphatic rings. The van der Waals surface area contributed by atoms with E-state index >= 15 is 0 Å². The van der Waals surface area contributed by atoms with E-state index in [9.17, 15) is 0 Å². The minimum atomic E-state index is 0.796. The van der Waals surface area contributed by atoms with Crippen molar-refractivity contribution in [1.82, 2.24) is 9.97 Å². The average Bonchev–Trinajstić information content (AvgIpc) is 3.24. The maximum absolute atomic E-state index is 5.29. The highest BCUT2D eigenvalue weighted by molar-refractivity contribution is 5.81. The van der Waals surface area contributed by atoms with Gasteiger partial charge in [-0.3, -0.25) is 0 Å². The van der Waals surface area contributed by atoms with E-state index in [1.807, 2.05) is 72.8 Å². The molecular formula is C24H22N2O3. The summed E-state index contributed by atoms with van der Waals surface area (Å²) in [5, 5.41) is 0. The standard InChI is InChI=1S/C24H22N2O3/c1-27-19-10-4-16(5-11-19)22-23(17-6-12-20(28-2)13-7-17)26-24(25-22)18-8-14-21(29-3)15-9-18/h4-15H,1-3H3,(H,25,26). The van der Waals surface area contributed by atoms with Crippen LogP contribution in [-0.2, 0) is 0 Å². The number of imidazole rings is 1. The van der Waals surface area contributed by atoms with Crippen LogP contribution in [0.2, 0.25) is 0 Å². The Kier molecular flexibility index (Phi) is 5.20. The molecule has 1 aromatic heterocycles. The molecule has 1 N–H and O–H groups in total. The van der Waals surface area contributed by atoms with Crippen LogP contribution in [0.25, 0.3) is 33.9 Å². The zero-order valence-electron chi connectivity index (χ0n) is 16.6. The number of aromatic nitrogens is 2. The first-order valence-corrected chi connectivity index (χ1v) is 9.25. The monoisotopic (exact) mass is 386 g/mol. The van der Waals surface area contributed by atoms with Gasteiger partial charge in [-0.15, -0.1) is 0 Å². The third-order valence-electron chi connectivity index (χ3n) is 4.81. The average molecular weight is 386 g/mol. The Hall–Kier alpha value is -3.73. The highest BCUT2D eigenvalue weighted by Gasteiger charge is 2.16. The van der Waals surface area contributed by atoms with Crippen LogP contribution in [0.4, 0.5) is 0 Å². The highest BCUT2D eigenvalue weighted by atomic mass is 16.5. The highest BCUT2D eigenvalue weighted by Crippen LogP contribution is 2.34. The summed E-state index contributed by atoms with van der Waals surface area (Å²) in [6.07, 6.45) is 0.